The molecule has 0 unspecified atom stereocenters. The van der Waals surface area contributed by atoms with Crippen molar-refractivity contribution < 1.29 is 18.3 Å². The van der Waals surface area contributed by atoms with Crippen LogP contribution < -0.4 is 4.90 Å². The summed E-state index contributed by atoms with van der Waals surface area (Å²) in [6.45, 7) is 0.850. The summed E-state index contributed by atoms with van der Waals surface area (Å²) in [6.07, 6.45) is 1.79. The van der Waals surface area contributed by atoms with Crippen LogP contribution in [0.15, 0.2) is 12.3 Å². The van der Waals surface area contributed by atoms with Crippen molar-refractivity contribution >= 4 is 33.2 Å². The van der Waals surface area contributed by atoms with E-state index in [-0.39, 0.29) is 22.1 Å². The standard InChI is InChI=1S/C11H13ClN2O4S/c12-9-7-13-10(6-8(9)11(15)16)14-2-1-4-19(17,18)5-3-14/h6-7H,1-5H2,(H,15,16). The molecule has 0 saturated carbocycles. The lowest BCUT2D eigenvalue weighted by molar-refractivity contribution is 0.0697. The van der Waals surface area contributed by atoms with Gasteiger partial charge in [-0.25, -0.2) is 18.2 Å². The molecule has 1 N–H and O–H groups in total. The third kappa shape index (κ3) is 3.36. The minimum absolute atomic E-state index is 0.0289. The van der Waals surface area contributed by atoms with E-state index in [0.717, 1.165) is 0 Å². The largest absolute Gasteiger partial charge is 0.478 e. The van der Waals surface area contributed by atoms with Crippen molar-refractivity contribution in [3.8, 4) is 0 Å². The lowest BCUT2D eigenvalue weighted by Gasteiger charge is -2.21. The van der Waals surface area contributed by atoms with Gasteiger partial charge in [-0.1, -0.05) is 11.6 Å². The van der Waals surface area contributed by atoms with Gasteiger partial charge in [0.15, 0.2) is 9.84 Å². The maximum absolute atomic E-state index is 11.5. The molecule has 8 heteroatoms. The van der Waals surface area contributed by atoms with Crippen molar-refractivity contribution in [1.82, 2.24) is 4.98 Å². The molecular formula is C11H13ClN2O4S. The van der Waals surface area contributed by atoms with Gasteiger partial charge in [-0.05, 0) is 12.5 Å². The molecule has 0 atom stereocenters. The minimum atomic E-state index is -3.01. The first-order valence-electron chi connectivity index (χ1n) is 5.73. The van der Waals surface area contributed by atoms with Crippen molar-refractivity contribution in [3.63, 3.8) is 0 Å². The number of aromatic nitrogens is 1. The van der Waals surface area contributed by atoms with Crippen LogP contribution in [0.25, 0.3) is 0 Å². The Balaban J connectivity index is 2.27. The smallest absolute Gasteiger partial charge is 0.337 e. The molecule has 19 heavy (non-hydrogen) atoms. The zero-order valence-electron chi connectivity index (χ0n) is 10.0. The summed E-state index contributed by atoms with van der Waals surface area (Å²) < 4.78 is 23.0. The highest BCUT2D eigenvalue weighted by molar-refractivity contribution is 7.91. The number of hydrogen-bond acceptors (Lipinski definition) is 5. The Hall–Kier alpha value is -1.34. The van der Waals surface area contributed by atoms with Gasteiger partial charge in [0, 0.05) is 19.3 Å². The highest BCUT2D eigenvalue weighted by Gasteiger charge is 2.21. The average molecular weight is 305 g/mol. The number of carboxylic acid groups (broad SMARTS) is 1. The molecule has 2 rings (SSSR count). The van der Waals surface area contributed by atoms with E-state index in [2.05, 4.69) is 4.98 Å². The molecule has 2 heterocycles. The van der Waals surface area contributed by atoms with Crippen LogP contribution >= 0.6 is 11.6 Å². The molecule has 0 spiro atoms. The van der Waals surface area contributed by atoms with Gasteiger partial charge in [-0.2, -0.15) is 0 Å². The van der Waals surface area contributed by atoms with E-state index in [4.69, 9.17) is 16.7 Å². The Bertz CT molecular complexity index is 603. The number of aromatic carboxylic acids is 1. The van der Waals surface area contributed by atoms with Gasteiger partial charge in [0.2, 0.25) is 0 Å². The van der Waals surface area contributed by atoms with Crippen LogP contribution in [-0.2, 0) is 9.84 Å². The molecule has 1 aromatic rings. The van der Waals surface area contributed by atoms with E-state index in [1.807, 2.05) is 0 Å². The van der Waals surface area contributed by atoms with Gasteiger partial charge >= 0.3 is 5.97 Å². The third-order valence-corrected chi connectivity index (χ3v) is 4.97. The number of carbonyl (C=O) groups is 1. The summed E-state index contributed by atoms with van der Waals surface area (Å²) >= 11 is 5.75. The zero-order valence-corrected chi connectivity index (χ0v) is 11.6. The highest BCUT2D eigenvalue weighted by Crippen LogP contribution is 2.21. The normalized spacial score (nSPS) is 18.9. The molecule has 0 amide bonds. The second-order valence-corrected chi connectivity index (χ2v) is 7.03. The Morgan fingerprint density at radius 2 is 2.11 bits per heavy atom. The predicted molar refractivity (Wildman–Crippen MR) is 71.7 cm³/mol. The molecular weight excluding hydrogens is 292 g/mol. The second-order valence-electron chi connectivity index (χ2n) is 4.32. The predicted octanol–water partition coefficient (Wildman–Crippen LogP) is 1.06. The van der Waals surface area contributed by atoms with E-state index < -0.39 is 15.8 Å². The van der Waals surface area contributed by atoms with Gasteiger partial charge in [-0.15, -0.1) is 0 Å². The van der Waals surface area contributed by atoms with Crippen LogP contribution in [0.3, 0.4) is 0 Å². The summed E-state index contributed by atoms with van der Waals surface area (Å²) in [6, 6.07) is 1.38. The van der Waals surface area contributed by atoms with Gasteiger partial charge in [0.05, 0.1) is 22.1 Å². The Morgan fingerprint density at radius 3 is 2.79 bits per heavy atom. The first-order valence-corrected chi connectivity index (χ1v) is 7.93. The van der Waals surface area contributed by atoms with Crippen molar-refractivity contribution in [2.45, 2.75) is 6.42 Å². The Kier molecular flexibility index (Phi) is 3.96. The fourth-order valence-corrected chi connectivity index (χ4v) is 3.39. The molecule has 0 aliphatic carbocycles. The Labute approximate surface area is 115 Å². The fourth-order valence-electron chi connectivity index (χ4n) is 1.93. The number of halogens is 1. The molecule has 6 nitrogen and oxygen atoms in total. The number of pyridine rings is 1. The van der Waals surface area contributed by atoms with Crippen LogP contribution in [0.5, 0.6) is 0 Å². The quantitative estimate of drug-likeness (QED) is 0.879. The minimum Gasteiger partial charge on any atom is -0.478 e. The van der Waals surface area contributed by atoms with E-state index in [0.29, 0.717) is 25.3 Å². The zero-order chi connectivity index (χ0) is 14.0. The van der Waals surface area contributed by atoms with Crippen LogP contribution in [0.1, 0.15) is 16.8 Å². The number of rotatable bonds is 2. The monoisotopic (exact) mass is 304 g/mol. The van der Waals surface area contributed by atoms with E-state index in [9.17, 15) is 13.2 Å². The average Bonchev–Trinajstić information content (AvgIpc) is 2.51. The highest BCUT2D eigenvalue weighted by atomic mass is 35.5. The molecule has 0 bridgehead atoms. The molecule has 0 radical (unpaired) electrons. The summed E-state index contributed by atoms with van der Waals surface area (Å²) in [4.78, 5) is 16.8. The topological polar surface area (TPSA) is 87.6 Å². The number of hydrogen-bond donors (Lipinski definition) is 1. The van der Waals surface area contributed by atoms with Crippen molar-refractivity contribution in [2.24, 2.45) is 0 Å². The number of carboxylic acids is 1. The number of nitrogens with zero attached hydrogens (tertiary/aromatic N) is 2. The number of anilines is 1. The van der Waals surface area contributed by atoms with E-state index in [1.54, 1.807) is 4.90 Å². The lowest BCUT2D eigenvalue weighted by Crippen LogP contribution is -2.27. The van der Waals surface area contributed by atoms with Crippen molar-refractivity contribution in [2.75, 3.05) is 29.5 Å². The summed E-state index contributed by atoms with van der Waals surface area (Å²) in [5.74, 6) is -0.474. The van der Waals surface area contributed by atoms with E-state index >= 15 is 0 Å². The van der Waals surface area contributed by atoms with Crippen LogP contribution in [-0.4, -0.2) is 49.1 Å². The summed E-state index contributed by atoms with van der Waals surface area (Å²) in [5, 5.41) is 9.07. The van der Waals surface area contributed by atoms with Crippen molar-refractivity contribution in [1.29, 1.82) is 0 Å². The van der Waals surface area contributed by atoms with Gasteiger partial charge < -0.3 is 10.0 Å². The Morgan fingerprint density at radius 1 is 1.37 bits per heavy atom. The SMILES string of the molecule is O=C(O)c1cc(N2CCCS(=O)(=O)CC2)ncc1Cl. The van der Waals surface area contributed by atoms with Crippen molar-refractivity contribution in [3.05, 3.63) is 22.8 Å². The first-order chi connectivity index (χ1) is 8.89. The maximum Gasteiger partial charge on any atom is 0.337 e. The van der Waals surface area contributed by atoms with Gasteiger partial charge in [0.25, 0.3) is 0 Å². The van der Waals surface area contributed by atoms with Gasteiger partial charge in [0.1, 0.15) is 5.82 Å². The molecule has 1 fully saturated rings. The molecule has 1 aliphatic rings. The fraction of sp³-hybridized carbons (Fsp3) is 0.455. The molecule has 1 aliphatic heterocycles. The summed E-state index contributed by atoms with van der Waals surface area (Å²) in [7, 11) is -3.01. The van der Waals surface area contributed by atoms with Crippen LogP contribution in [0, 0.1) is 0 Å². The molecule has 0 aromatic carbocycles. The van der Waals surface area contributed by atoms with Crippen LogP contribution in [0.4, 0.5) is 5.82 Å². The maximum atomic E-state index is 11.5. The second kappa shape index (κ2) is 5.34. The molecule has 104 valence electrons. The third-order valence-electron chi connectivity index (χ3n) is 2.95. The number of sulfone groups is 1. The van der Waals surface area contributed by atoms with Crippen LogP contribution in [0.2, 0.25) is 5.02 Å². The van der Waals surface area contributed by atoms with Gasteiger partial charge in [-0.3, -0.25) is 0 Å². The lowest BCUT2D eigenvalue weighted by atomic mass is 10.2. The first kappa shape index (κ1) is 14.1. The molecule has 1 aromatic heterocycles. The van der Waals surface area contributed by atoms with E-state index in [1.165, 1.54) is 12.3 Å². The molecule has 1 saturated heterocycles. The summed E-state index contributed by atoms with van der Waals surface area (Å²) in [5.41, 5.74) is -0.0289.